The number of rotatable bonds is 5. The van der Waals surface area contributed by atoms with E-state index in [0.717, 1.165) is 21.6 Å². The number of fused-ring (bicyclic) bond motifs is 2. The molecule has 1 N–H and O–H groups in total. The minimum absolute atomic E-state index is 0.0129. The number of para-hydroxylation sites is 3. The third kappa shape index (κ3) is 3.08. The van der Waals surface area contributed by atoms with E-state index < -0.39 is 0 Å². The van der Waals surface area contributed by atoms with E-state index in [1.54, 1.807) is 17.7 Å². The number of hydrogen-bond acceptors (Lipinski definition) is 4. The second kappa shape index (κ2) is 6.88. The van der Waals surface area contributed by atoms with Crippen molar-refractivity contribution in [1.82, 2.24) is 19.9 Å². The third-order valence-corrected chi connectivity index (χ3v) is 5.86. The van der Waals surface area contributed by atoms with Gasteiger partial charge in [0.1, 0.15) is 6.04 Å². The summed E-state index contributed by atoms with van der Waals surface area (Å²) >= 11 is 1.69. The van der Waals surface area contributed by atoms with E-state index in [2.05, 4.69) is 28.3 Å². The first kappa shape index (κ1) is 16.7. The van der Waals surface area contributed by atoms with Gasteiger partial charge in [0, 0.05) is 12.5 Å². The Kier molecular flexibility index (Phi) is 4.42. The van der Waals surface area contributed by atoms with E-state index in [0.29, 0.717) is 6.54 Å². The quantitative estimate of drug-likeness (QED) is 0.579. The molecule has 0 spiro atoms. The van der Waals surface area contributed by atoms with Crippen LogP contribution in [0.3, 0.4) is 0 Å². The molecule has 0 aliphatic rings. The summed E-state index contributed by atoms with van der Waals surface area (Å²) < 4.78 is 3.09. The Labute approximate surface area is 155 Å². The molecular formula is C20H20N4OS. The predicted octanol–water partition coefficient (Wildman–Crippen LogP) is 4.13. The molecule has 1 amide bonds. The van der Waals surface area contributed by atoms with Crippen molar-refractivity contribution < 1.29 is 4.79 Å². The van der Waals surface area contributed by atoms with E-state index in [4.69, 9.17) is 0 Å². The standard InChI is InChI=1S/C20H20N4OS/c1-13(20-23-16-8-4-6-10-18(16)26-20)11-21-19(25)14(2)24-12-22-15-7-3-5-9-17(15)24/h3-10,12-14H,11H2,1-2H3,(H,21,25). The molecule has 26 heavy (non-hydrogen) atoms. The predicted molar refractivity (Wildman–Crippen MR) is 105 cm³/mol. The number of imidazole rings is 1. The summed E-state index contributed by atoms with van der Waals surface area (Å²) in [7, 11) is 0. The fourth-order valence-corrected chi connectivity index (χ4v) is 4.02. The van der Waals surface area contributed by atoms with E-state index >= 15 is 0 Å². The maximum absolute atomic E-state index is 12.6. The Morgan fingerprint density at radius 1 is 1.12 bits per heavy atom. The number of benzene rings is 2. The topological polar surface area (TPSA) is 59.8 Å². The molecule has 0 bridgehead atoms. The van der Waals surface area contributed by atoms with Gasteiger partial charge < -0.3 is 9.88 Å². The van der Waals surface area contributed by atoms with Crippen LogP contribution in [0.15, 0.2) is 54.9 Å². The first-order valence-corrected chi connectivity index (χ1v) is 9.50. The van der Waals surface area contributed by atoms with Crippen molar-refractivity contribution in [3.8, 4) is 0 Å². The second-order valence-electron chi connectivity index (χ2n) is 6.48. The van der Waals surface area contributed by atoms with Crippen molar-refractivity contribution in [1.29, 1.82) is 0 Å². The van der Waals surface area contributed by atoms with Gasteiger partial charge in [-0.15, -0.1) is 11.3 Å². The lowest BCUT2D eigenvalue weighted by molar-refractivity contribution is -0.123. The molecule has 5 nitrogen and oxygen atoms in total. The molecule has 4 aromatic rings. The second-order valence-corrected chi connectivity index (χ2v) is 7.54. The fourth-order valence-electron chi connectivity index (χ4n) is 3.00. The first-order chi connectivity index (χ1) is 12.6. The zero-order chi connectivity index (χ0) is 18.1. The first-order valence-electron chi connectivity index (χ1n) is 8.68. The summed E-state index contributed by atoms with van der Waals surface area (Å²) in [5.41, 5.74) is 2.88. The molecule has 2 atom stereocenters. The van der Waals surface area contributed by atoms with Crippen LogP contribution in [-0.2, 0) is 4.79 Å². The van der Waals surface area contributed by atoms with Gasteiger partial charge in [0.2, 0.25) is 5.91 Å². The molecule has 0 fully saturated rings. The number of carbonyl (C=O) groups excluding carboxylic acids is 1. The van der Waals surface area contributed by atoms with E-state index in [1.807, 2.05) is 54.0 Å². The minimum Gasteiger partial charge on any atom is -0.354 e. The number of aromatic nitrogens is 3. The molecule has 0 aliphatic heterocycles. The highest BCUT2D eigenvalue weighted by atomic mass is 32.1. The number of hydrogen-bond donors (Lipinski definition) is 1. The monoisotopic (exact) mass is 364 g/mol. The molecule has 2 aromatic heterocycles. The Balaban J connectivity index is 1.44. The van der Waals surface area contributed by atoms with Crippen LogP contribution in [0.1, 0.15) is 30.8 Å². The zero-order valence-corrected chi connectivity index (χ0v) is 15.5. The molecule has 2 heterocycles. The summed E-state index contributed by atoms with van der Waals surface area (Å²) in [6.45, 7) is 4.55. The SMILES string of the molecule is CC(CNC(=O)C(C)n1cnc2ccccc21)c1nc2ccccc2s1. The summed E-state index contributed by atoms with van der Waals surface area (Å²) in [4.78, 5) is 21.7. The van der Waals surface area contributed by atoms with Gasteiger partial charge in [-0.3, -0.25) is 4.79 Å². The normalized spacial score (nSPS) is 13.8. The lowest BCUT2D eigenvalue weighted by Gasteiger charge is -2.16. The minimum atomic E-state index is -0.315. The van der Waals surface area contributed by atoms with E-state index in [1.165, 1.54) is 4.70 Å². The van der Waals surface area contributed by atoms with Gasteiger partial charge in [-0.1, -0.05) is 31.2 Å². The molecule has 4 rings (SSSR count). The highest BCUT2D eigenvalue weighted by Crippen LogP contribution is 2.27. The molecular weight excluding hydrogens is 344 g/mol. The molecule has 0 saturated heterocycles. The van der Waals surface area contributed by atoms with Crippen molar-refractivity contribution in [2.24, 2.45) is 0 Å². The fraction of sp³-hybridized carbons (Fsp3) is 0.250. The van der Waals surface area contributed by atoms with Crippen LogP contribution in [-0.4, -0.2) is 27.0 Å². The summed E-state index contributed by atoms with van der Waals surface area (Å²) in [6, 6.07) is 15.6. The van der Waals surface area contributed by atoms with E-state index in [-0.39, 0.29) is 17.9 Å². The number of nitrogens with one attached hydrogen (secondary N) is 1. The highest BCUT2D eigenvalue weighted by molar-refractivity contribution is 7.18. The molecule has 132 valence electrons. The van der Waals surface area contributed by atoms with Crippen molar-refractivity contribution >= 4 is 38.5 Å². The van der Waals surface area contributed by atoms with Gasteiger partial charge in [-0.2, -0.15) is 0 Å². The molecule has 2 aromatic carbocycles. The third-order valence-electron chi connectivity index (χ3n) is 4.59. The molecule has 0 saturated carbocycles. The molecule has 6 heteroatoms. The molecule has 0 aliphatic carbocycles. The average Bonchev–Trinajstić information content (AvgIpc) is 3.29. The van der Waals surface area contributed by atoms with Crippen LogP contribution in [0.2, 0.25) is 0 Å². The highest BCUT2D eigenvalue weighted by Gasteiger charge is 2.19. The Hall–Kier alpha value is -2.73. The number of nitrogens with zero attached hydrogens (tertiary/aromatic N) is 3. The lowest BCUT2D eigenvalue weighted by atomic mass is 10.2. The van der Waals surface area contributed by atoms with E-state index in [9.17, 15) is 4.79 Å². The molecule has 2 unspecified atom stereocenters. The summed E-state index contributed by atoms with van der Waals surface area (Å²) in [5.74, 6) is 0.157. The van der Waals surface area contributed by atoms with Crippen LogP contribution in [0, 0.1) is 0 Å². The maximum Gasteiger partial charge on any atom is 0.242 e. The number of amides is 1. The van der Waals surface area contributed by atoms with Gasteiger partial charge in [0.25, 0.3) is 0 Å². The maximum atomic E-state index is 12.6. The van der Waals surface area contributed by atoms with Crippen LogP contribution >= 0.6 is 11.3 Å². The lowest BCUT2D eigenvalue weighted by Crippen LogP contribution is -2.33. The smallest absolute Gasteiger partial charge is 0.242 e. The van der Waals surface area contributed by atoms with Crippen LogP contribution in [0.25, 0.3) is 21.3 Å². The van der Waals surface area contributed by atoms with Gasteiger partial charge in [-0.05, 0) is 31.2 Å². The van der Waals surface area contributed by atoms with Crippen molar-refractivity contribution in [3.63, 3.8) is 0 Å². The average molecular weight is 364 g/mol. The number of carbonyl (C=O) groups is 1. The van der Waals surface area contributed by atoms with Gasteiger partial charge in [-0.25, -0.2) is 9.97 Å². The summed E-state index contributed by atoms with van der Waals surface area (Å²) in [5, 5.41) is 4.11. The number of thiazole rings is 1. The van der Waals surface area contributed by atoms with Crippen molar-refractivity contribution in [2.45, 2.75) is 25.8 Å². The van der Waals surface area contributed by atoms with Crippen LogP contribution < -0.4 is 5.32 Å². The van der Waals surface area contributed by atoms with Crippen molar-refractivity contribution in [2.75, 3.05) is 6.54 Å². The molecule has 0 radical (unpaired) electrons. The van der Waals surface area contributed by atoms with Crippen molar-refractivity contribution in [3.05, 3.63) is 59.9 Å². The van der Waals surface area contributed by atoms with Crippen LogP contribution in [0.5, 0.6) is 0 Å². The van der Waals surface area contributed by atoms with Gasteiger partial charge >= 0.3 is 0 Å². The largest absolute Gasteiger partial charge is 0.354 e. The zero-order valence-electron chi connectivity index (χ0n) is 14.7. The Morgan fingerprint density at radius 3 is 2.65 bits per heavy atom. The Bertz CT molecular complexity index is 1030. The van der Waals surface area contributed by atoms with Gasteiger partial charge in [0.05, 0.1) is 32.6 Å². The van der Waals surface area contributed by atoms with Gasteiger partial charge in [0.15, 0.2) is 0 Å². The van der Waals surface area contributed by atoms with Crippen LogP contribution in [0.4, 0.5) is 0 Å². The Morgan fingerprint density at radius 2 is 1.85 bits per heavy atom. The summed E-state index contributed by atoms with van der Waals surface area (Å²) in [6.07, 6.45) is 1.73.